The third-order valence-corrected chi connectivity index (χ3v) is 8.03. The fourth-order valence-corrected chi connectivity index (χ4v) is 5.90. The zero-order valence-corrected chi connectivity index (χ0v) is 17.9. The van der Waals surface area contributed by atoms with Crippen molar-refractivity contribution in [3.8, 4) is 0 Å². The van der Waals surface area contributed by atoms with E-state index in [0.29, 0.717) is 58.2 Å². The van der Waals surface area contributed by atoms with Crippen LogP contribution in [0.5, 0.6) is 0 Å². The first-order chi connectivity index (χ1) is 14.8. The Morgan fingerprint density at radius 1 is 1.06 bits per heavy atom. The minimum Gasteiger partial charge on any atom is -0.481 e. The summed E-state index contributed by atoms with van der Waals surface area (Å²) >= 11 is 0. The molecular weight excluding hydrogens is 397 g/mol. The second kappa shape index (κ2) is 7.18. The molecular formula is C24H28FN3O3. The Labute approximate surface area is 181 Å². The number of benzene rings is 1. The number of aromatic nitrogens is 2. The Hall–Kier alpha value is -2.70. The number of hydrogen-bond donors (Lipinski definition) is 1. The molecule has 3 aliphatic carbocycles. The van der Waals surface area contributed by atoms with E-state index in [2.05, 4.69) is 0 Å². The van der Waals surface area contributed by atoms with E-state index in [0.717, 1.165) is 23.4 Å². The average molecular weight is 426 g/mol. The molecule has 3 saturated carbocycles. The van der Waals surface area contributed by atoms with E-state index in [1.54, 1.807) is 12.1 Å². The normalized spacial score (nSPS) is 27.2. The fraction of sp³-hybridized carbons (Fsp3) is 0.542. The van der Waals surface area contributed by atoms with Gasteiger partial charge < -0.3 is 10.0 Å². The van der Waals surface area contributed by atoms with Crippen molar-refractivity contribution in [2.24, 2.45) is 10.8 Å². The van der Waals surface area contributed by atoms with Crippen molar-refractivity contribution in [3.63, 3.8) is 0 Å². The molecule has 2 aromatic rings. The Kier molecular flexibility index (Phi) is 4.68. The summed E-state index contributed by atoms with van der Waals surface area (Å²) in [5, 5.41) is 14.3. The van der Waals surface area contributed by atoms with Crippen LogP contribution < -0.4 is 0 Å². The first-order valence-electron chi connectivity index (χ1n) is 11.1. The largest absolute Gasteiger partial charge is 0.481 e. The number of aryl methyl sites for hydroxylation is 1. The molecule has 6 rings (SSSR count). The van der Waals surface area contributed by atoms with E-state index in [1.165, 1.54) is 17.7 Å². The van der Waals surface area contributed by atoms with E-state index in [4.69, 9.17) is 5.10 Å². The van der Waals surface area contributed by atoms with Gasteiger partial charge in [-0.25, -0.2) is 4.39 Å². The van der Waals surface area contributed by atoms with Gasteiger partial charge in [-0.2, -0.15) is 5.10 Å². The molecule has 1 aliphatic heterocycles. The van der Waals surface area contributed by atoms with Gasteiger partial charge in [0.2, 0.25) is 5.91 Å². The number of carboxylic acids is 1. The molecule has 0 saturated heterocycles. The first kappa shape index (κ1) is 20.2. The molecule has 2 bridgehead atoms. The zero-order valence-electron chi connectivity index (χ0n) is 17.9. The van der Waals surface area contributed by atoms with Crippen molar-refractivity contribution in [3.05, 3.63) is 52.6 Å². The predicted octanol–water partition coefficient (Wildman–Crippen LogP) is 3.69. The highest BCUT2D eigenvalue weighted by atomic mass is 19.1. The number of rotatable bonds is 4. The standard InChI is InChI=1S/C24H28FN3O3/c1-16-19-6-13-27(15-20(19)28(26-16)14-17-2-4-18(25)5-3-17)21(29)23-7-10-24(11-8-23,12-9-23)22(30)31/h2-5H,6-15H2,1H3,(H,30,31). The van der Waals surface area contributed by atoms with Crippen molar-refractivity contribution in [2.45, 2.75) is 65.0 Å². The van der Waals surface area contributed by atoms with Crippen LogP contribution in [-0.4, -0.2) is 38.2 Å². The van der Waals surface area contributed by atoms with Crippen LogP contribution in [0.4, 0.5) is 4.39 Å². The van der Waals surface area contributed by atoms with Crippen LogP contribution in [0.25, 0.3) is 0 Å². The van der Waals surface area contributed by atoms with Crippen LogP contribution in [0.15, 0.2) is 24.3 Å². The van der Waals surface area contributed by atoms with Gasteiger partial charge in [0.1, 0.15) is 5.82 Å². The Bertz CT molecular complexity index is 1020. The topological polar surface area (TPSA) is 75.4 Å². The van der Waals surface area contributed by atoms with Crippen LogP contribution in [0.3, 0.4) is 0 Å². The molecule has 164 valence electrons. The van der Waals surface area contributed by atoms with Gasteiger partial charge in [0.25, 0.3) is 0 Å². The molecule has 1 amide bonds. The van der Waals surface area contributed by atoms with Gasteiger partial charge in [0.15, 0.2) is 0 Å². The summed E-state index contributed by atoms with van der Waals surface area (Å²) in [6.07, 6.45) is 4.63. The Balaban J connectivity index is 1.35. The number of carboxylic acid groups (broad SMARTS) is 1. The van der Waals surface area contributed by atoms with Crippen LogP contribution in [0.1, 0.15) is 61.0 Å². The van der Waals surface area contributed by atoms with Crippen LogP contribution in [0.2, 0.25) is 0 Å². The molecule has 0 atom stereocenters. The average Bonchev–Trinajstić information content (AvgIpc) is 3.10. The van der Waals surface area contributed by atoms with Gasteiger partial charge in [-0.1, -0.05) is 12.1 Å². The number of amides is 1. The SMILES string of the molecule is Cc1nn(Cc2ccc(F)cc2)c2c1CCN(C(=O)C13CCC(C(=O)O)(CC1)CC3)C2. The highest BCUT2D eigenvalue weighted by molar-refractivity contribution is 5.85. The van der Waals surface area contributed by atoms with E-state index in [-0.39, 0.29) is 11.7 Å². The van der Waals surface area contributed by atoms with Crippen LogP contribution in [0, 0.1) is 23.6 Å². The first-order valence-corrected chi connectivity index (χ1v) is 11.1. The van der Waals surface area contributed by atoms with Crippen molar-refractivity contribution in [1.82, 2.24) is 14.7 Å². The van der Waals surface area contributed by atoms with Gasteiger partial charge in [-0.05, 0) is 75.1 Å². The van der Waals surface area contributed by atoms with Crippen molar-refractivity contribution >= 4 is 11.9 Å². The number of aliphatic carboxylic acids is 1. The maximum atomic E-state index is 13.6. The monoisotopic (exact) mass is 425 g/mol. The highest BCUT2D eigenvalue weighted by Crippen LogP contribution is 2.57. The van der Waals surface area contributed by atoms with E-state index >= 15 is 0 Å². The third-order valence-electron chi connectivity index (χ3n) is 8.03. The summed E-state index contributed by atoms with van der Waals surface area (Å²) < 4.78 is 15.2. The van der Waals surface area contributed by atoms with Gasteiger partial charge in [-0.3, -0.25) is 14.3 Å². The second-order valence-electron chi connectivity index (χ2n) is 9.64. The van der Waals surface area contributed by atoms with E-state index in [9.17, 15) is 19.1 Å². The van der Waals surface area contributed by atoms with E-state index in [1.807, 2.05) is 16.5 Å². The molecule has 0 radical (unpaired) electrons. The van der Waals surface area contributed by atoms with Gasteiger partial charge in [-0.15, -0.1) is 0 Å². The van der Waals surface area contributed by atoms with Gasteiger partial charge >= 0.3 is 5.97 Å². The minimum atomic E-state index is -0.698. The van der Waals surface area contributed by atoms with Crippen molar-refractivity contribution < 1.29 is 19.1 Å². The summed E-state index contributed by atoms with van der Waals surface area (Å²) in [4.78, 5) is 27.3. The Morgan fingerprint density at radius 3 is 2.29 bits per heavy atom. The summed E-state index contributed by atoms with van der Waals surface area (Å²) in [5.41, 5.74) is 3.22. The highest BCUT2D eigenvalue weighted by Gasteiger charge is 2.56. The van der Waals surface area contributed by atoms with Crippen molar-refractivity contribution in [2.75, 3.05) is 6.54 Å². The molecule has 7 heteroatoms. The summed E-state index contributed by atoms with van der Waals surface area (Å²) in [7, 11) is 0. The molecule has 0 spiro atoms. The number of carbonyl (C=O) groups excluding carboxylic acids is 1. The lowest BCUT2D eigenvalue weighted by molar-refractivity contribution is -0.167. The summed E-state index contributed by atoms with van der Waals surface area (Å²) in [6.45, 7) is 3.76. The molecule has 1 N–H and O–H groups in total. The number of carbonyl (C=O) groups is 2. The second-order valence-corrected chi connectivity index (χ2v) is 9.64. The Morgan fingerprint density at radius 2 is 1.68 bits per heavy atom. The molecule has 0 unspecified atom stereocenters. The lowest BCUT2D eigenvalue weighted by Crippen LogP contribution is -2.54. The smallest absolute Gasteiger partial charge is 0.309 e. The number of hydrogen-bond acceptors (Lipinski definition) is 3. The van der Waals surface area contributed by atoms with Crippen LogP contribution >= 0.6 is 0 Å². The third kappa shape index (κ3) is 3.25. The predicted molar refractivity (Wildman–Crippen MR) is 112 cm³/mol. The van der Waals surface area contributed by atoms with Crippen LogP contribution in [-0.2, 0) is 29.1 Å². The van der Waals surface area contributed by atoms with E-state index < -0.39 is 16.8 Å². The molecule has 1 aromatic carbocycles. The minimum absolute atomic E-state index is 0.184. The fourth-order valence-electron chi connectivity index (χ4n) is 5.90. The molecule has 3 fully saturated rings. The molecule has 4 aliphatic rings. The molecule has 6 nitrogen and oxygen atoms in total. The molecule has 31 heavy (non-hydrogen) atoms. The number of nitrogens with zero attached hydrogens (tertiary/aromatic N) is 3. The summed E-state index contributed by atoms with van der Waals surface area (Å²) in [5.74, 6) is -0.773. The van der Waals surface area contributed by atoms with Gasteiger partial charge in [0, 0.05) is 12.0 Å². The molecule has 1 aromatic heterocycles. The number of halogens is 1. The molecule has 2 heterocycles. The maximum absolute atomic E-state index is 13.6. The lowest BCUT2D eigenvalue weighted by atomic mass is 9.53. The zero-order chi connectivity index (χ0) is 21.8. The maximum Gasteiger partial charge on any atom is 0.309 e. The number of fused-ring (bicyclic) bond motifs is 4. The quantitative estimate of drug-likeness (QED) is 0.811. The summed E-state index contributed by atoms with van der Waals surface area (Å²) in [6, 6.07) is 6.44. The van der Waals surface area contributed by atoms with Crippen molar-refractivity contribution in [1.29, 1.82) is 0 Å². The lowest BCUT2D eigenvalue weighted by Gasteiger charge is -2.51. The van der Waals surface area contributed by atoms with Gasteiger partial charge in [0.05, 0.1) is 29.9 Å².